The van der Waals surface area contributed by atoms with E-state index < -0.39 is 11.9 Å². The average Bonchev–Trinajstić information content (AvgIpc) is 2.44. The molecule has 114 valence electrons. The van der Waals surface area contributed by atoms with E-state index >= 15 is 0 Å². The Balaban J connectivity index is 2.69. The maximum absolute atomic E-state index is 12.1. The number of esters is 1. The Morgan fingerprint density at radius 3 is 2.43 bits per heavy atom. The number of hydrogen-bond donors (Lipinski definition) is 1. The number of amides is 2. The first-order valence-corrected chi connectivity index (χ1v) is 6.78. The number of nitrogens with two attached hydrogens (primary N) is 1. The van der Waals surface area contributed by atoms with Gasteiger partial charge in [0.2, 0.25) is 11.8 Å². The number of hydrogen-bond acceptors (Lipinski definition) is 4. The van der Waals surface area contributed by atoms with Crippen LogP contribution >= 0.6 is 0 Å². The van der Waals surface area contributed by atoms with Crippen molar-refractivity contribution in [3.05, 3.63) is 35.9 Å². The van der Waals surface area contributed by atoms with Gasteiger partial charge in [0.15, 0.2) is 0 Å². The Morgan fingerprint density at radius 1 is 1.19 bits per heavy atom. The van der Waals surface area contributed by atoms with Crippen molar-refractivity contribution in [3.63, 3.8) is 0 Å². The number of carbonyl (C=O) groups excluding carboxylic acids is 3. The molecule has 0 aliphatic carbocycles. The zero-order valence-corrected chi connectivity index (χ0v) is 12.1. The number of ether oxygens (including phenoxy) is 1. The second-order valence-corrected chi connectivity index (χ2v) is 4.50. The maximum Gasteiger partial charge on any atom is 0.315 e. The summed E-state index contributed by atoms with van der Waals surface area (Å²) in [5.74, 6) is -1.44. The van der Waals surface area contributed by atoms with Crippen LogP contribution in [0.15, 0.2) is 30.3 Å². The van der Waals surface area contributed by atoms with Crippen LogP contribution < -0.4 is 5.73 Å². The molecule has 6 nitrogen and oxygen atoms in total. The van der Waals surface area contributed by atoms with E-state index in [0.717, 1.165) is 5.56 Å². The summed E-state index contributed by atoms with van der Waals surface area (Å²) in [7, 11) is 0. The predicted molar refractivity (Wildman–Crippen MR) is 76.9 cm³/mol. The Morgan fingerprint density at radius 2 is 1.86 bits per heavy atom. The first kappa shape index (κ1) is 16.7. The standard InChI is InChI=1S/C15H20N2O4/c1-2-21-15(20)10-14(19)17(9-8-13(16)18)11-12-6-4-3-5-7-12/h3-7H,2,8-11H2,1H3,(H2,16,18). The van der Waals surface area contributed by atoms with Crippen molar-refractivity contribution >= 4 is 17.8 Å². The van der Waals surface area contributed by atoms with Crippen LogP contribution in [0.3, 0.4) is 0 Å². The van der Waals surface area contributed by atoms with E-state index in [1.165, 1.54) is 4.90 Å². The van der Waals surface area contributed by atoms with Crippen molar-refractivity contribution in [3.8, 4) is 0 Å². The Labute approximate surface area is 123 Å². The van der Waals surface area contributed by atoms with Gasteiger partial charge in [0.25, 0.3) is 0 Å². The van der Waals surface area contributed by atoms with E-state index in [-0.39, 0.29) is 31.9 Å². The lowest BCUT2D eigenvalue weighted by molar-refractivity contribution is -0.148. The molecule has 0 aliphatic rings. The molecule has 0 fully saturated rings. The largest absolute Gasteiger partial charge is 0.466 e. The Hall–Kier alpha value is -2.37. The lowest BCUT2D eigenvalue weighted by atomic mass is 10.2. The fraction of sp³-hybridized carbons (Fsp3) is 0.400. The maximum atomic E-state index is 12.1. The third-order valence-corrected chi connectivity index (χ3v) is 2.80. The molecular weight excluding hydrogens is 272 g/mol. The zero-order chi connectivity index (χ0) is 15.7. The molecule has 1 rings (SSSR count). The van der Waals surface area contributed by atoms with Crippen molar-refractivity contribution in [2.24, 2.45) is 5.73 Å². The van der Waals surface area contributed by atoms with Crippen LogP contribution in [0.1, 0.15) is 25.3 Å². The molecule has 1 aromatic carbocycles. The van der Waals surface area contributed by atoms with Gasteiger partial charge in [0.1, 0.15) is 6.42 Å². The lowest BCUT2D eigenvalue weighted by Gasteiger charge is -2.22. The summed E-state index contributed by atoms with van der Waals surface area (Å²) in [5.41, 5.74) is 6.03. The Bertz CT molecular complexity index is 488. The summed E-state index contributed by atoms with van der Waals surface area (Å²) in [5, 5.41) is 0. The summed E-state index contributed by atoms with van der Waals surface area (Å²) in [4.78, 5) is 35.8. The van der Waals surface area contributed by atoms with E-state index in [1.54, 1.807) is 6.92 Å². The SMILES string of the molecule is CCOC(=O)CC(=O)N(CCC(N)=O)Cc1ccccc1. The molecule has 2 N–H and O–H groups in total. The smallest absolute Gasteiger partial charge is 0.315 e. The summed E-state index contributed by atoms with van der Waals surface area (Å²) in [6.07, 6.45) is -0.277. The third-order valence-electron chi connectivity index (χ3n) is 2.80. The molecule has 0 atom stereocenters. The van der Waals surface area contributed by atoms with Gasteiger partial charge in [-0.3, -0.25) is 14.4 Å². The van der Waals surface area contributed by atoms with E-state index in [1.807, 2.05) is 30.3 Å². The van der Waals surface area contributed by atoms with E-state index in [4.69, 9.17) is 10.5 Å². The minimum Gasteiger partial charge on any atom is -0.466 e. The molecule has 2 amide bonds. The topological polar surface area (TPSA) is 89.7 Å². The molecule has 21 heavy (non-hydrogen) atoms. The molecule has 0 unspecified atom stereocenters. The van der Waals surface area contributed by atoms with Gasteiger partial charge < -0.3 is 15.4 Å². The molecule has 0 bridgehead atoms. The van der Waals surface area contributed by atoms with Gasteiger partial charge in [-0.2, -0.15) is 0 Å². The van der Waals surface area contributed by atoms with E-state index in [2.05, 4.69) is 0 Å². The highest BCUT2D eigenvalue weighted by atomic mass is 16.5. The van der Waals surface area contributed by atoms with Crippen LogP contribution in [0, 0.1) is 0 Å². The van der Waals surface area contributed by atoms with Gasteiger partial charge in [-0.25, -0.2) is 0 Å². The zero-order valence-electron chi connectivity index (χ0n) is 12.1. The van der Waals surface area contributed by atoms with Gasteiger partial charge in [-0.15, -0.1) is 0 Å². The number of nitrogens with zero attached hydrogens (tertiary/aromatic N) is 1. The fourth-order valence-corrected chi connectivity index (χ4v) is 1.79. The number of primary amides is 1. The highest BCUT2D eigenvalue weighted by Gasteiger charge is 2.18. The van der Waals surface area contributed by atoms with Gasteiger partial charge in [0.05, 0.1) is 6.61 Å². The monoisotopic (exact) mass is 292 g/mol. The van der Waals surface area contributed by atoms with Crippen molar-refractivity contribution in [1.29, 1.82) is 0 Å². The minimum atomic E-state index is -0.570. The second kappa shape index (κ2) is 8.73. The van der Waals surface area contributed by atoms with Crippen LogP contribution in [-0.2, 0) is 25.7 Å². The average molecular weight is 292 g/mol. The first-order valence-electron chi connectivity index (χ1n) is 6.78. The van der Waals surface area contributed by atoms with Gasteiger partial charge in [-0.1, -0.05) is 30.3 Å². The van der Waals surface area contributed by atoms with Crippen LogP contribution in [0.5, 0.6) is 0 Å². The lowest BCUT2D eigenvalue weighted by Crippen LogP contribution is -2.35. The summed E-state index contributed by atoms with van der Waals surface area (Å²) >= 11 is 0. The van der Waals surface area contributed by atoms with Gasteiger partial charge in [0, 0.05) is 19.5 Å². The third kappa shape index (κ3) is 6.56. The fourth-order valence-electron chi connectivity index (χ4n) is 1.79. The molecule has 0 saturated heterocycles. The molecule has 0 aromatic heterocycles. The second-order valence-electron chi connectivity index (χ2n) is 4.50. The normalized spacial score (nSPS) is 9.95. The molecule has 0 saturated carbocycles. The Kier molecular flexibility index (Phi) is 6.94. The van der Waals surface area contributed by atoms with Crippen LogP contribution in [0.2, 0.25) is 0 Å². The van der Waals surface area contributed by atoms with Gasteiger partial charge >= 0.3 is 5.97 Å². The van der Waals surface area contributed by atoms with Crippen molar-refractivity contribution in [1.82, 2.24) is 4.90 Å². The van der Waals surface area contributed by atoms with Crippen LogP contribution in [0.25, 0.3) is 0 Å². The van der Waals surface area contributed by atoms with Gasteiger partial charge in [-0.05, 0) is 12.5 Å². The van der Waals surface area contributed by atoms with Crippen LogP contribution in [0.4, 0.5) is 0 Å². The van der Waals surface area contributed by atoms with Crippen molar-refractivity contribution in [2.75, 3.05) is 13.2 Å². The summed E-state index contributed by atoms with van der Waals surface area (Å²) < 4.78 is 4.76. The van der Waals surface area contributed by atoms with Crippen LogP contribution in [-0.4, -0.2) is 35.8 Å². The number of rotatable bonds is 8. The number of carbonyl (C=O) groups is 3. The molecule has 0 aliphatic heterocycles. The van der Waals surface area contributed by atoms with E-state index in [0.29, 0.717) is 6.54 Å². The minimum absolute atomic E-state index is 0.0569. The highest BCUT2D eigenvalue weighted by Crippen LogP contribution is 2.07. The molecular formula is C15H20N2O4. The van der Waals surface area contributed by atoms with Crippen molar-refractivity contribution in [2.45, 2.75) is 26.3 Å². The summed E-state index contributed by atoms with van der Waals surface area (Å²) in [6, 6.07) is 9.33. The molecule has 1 aromatic rings. The van der Waals surface area contributed by atoms with E-state index in [9.17, 15) is 14.4 Å². The molecule has 0 radical (unpaired) electrons. The van der Waals surface area contributed by atoms with Crippen molar-refractivity contribution < 1.29 is 19.1 Å². The summed E-state index contributed by atoms with van der Waals surface area (Å²) in [6.45, 7) is 2.41. The highest BCUT2D eigenvalue weighted by molar-refractivity contribution is 5.94. The molecule has 0 spiro atoms. The molecule has 0 heterocycles. The molecule has 6 heteroatoms. The predicted octanol–water partition coefficient (Wildman–Crippen LogP) is 0.844. The quantitative estimate of drug-likeness (QED) is 0.568. The first-order chi connectivity index (χ1) is 10.0. The number of benzene rings is 1.